The number of pyridine rings is 1. The van der Waals surface area contributed by atoms with E-state index in [0.29, 0.717) is 0 Å². The third kappa shape index (κ3) is 5.76. The fourth-order valence-electron chi connectivity index (χ4n) is 2.55. The van der Waals surface area contributed by atoms with Gasteiger partial charge < -0.3 is 19.9 Å². The van der Waals surface area contributed by atoms with Crippen LogP contribution in [0.1, 0.15) is 0 Å². The number of nitrogens with zero attached hydrogens (tertiary/aromatic N) is 1. The molecule has 180 valence electrons. The summed E-state index contributed by atoms with van der Waals surface area (Å²) in [6.45, 7) is -0.389. The van der Waals surface area contributed by atoms with E-state index in [-0.39, 0.29) is 28.8 Å². The standard InChI is InChI=1S/C20H15Cl2F2N3O6S/c1-32-15(29)9-25-20-17(22)18(16(21)19(24)26-20)33-12-6-7-13(28)14(8-12)34(30,31)27-11-4-2-10(23)3-5-11/h2-8,27-28H,9H2,1H3,(H,25,26). The van der Waals surface area contributed by atoms with Crippen molar-refractivity contribution in [2.75, 3.05) is 23.7 Å². The van der Waals surface area contributed by atoms with Crippen LogP contribution in [0.15, 0.2) is 47.4 Å². The second-order valence-electron chi connectivity index (χ2n) is 6.48. The van der Waals surface area contributed by atoms with Crippen LogP contribution in [-0.4, -0.2) is 38.1 Å². The topological polar surface area (TPSA) is 127 Å². The highest BCUT2D eigenvalue weighted by Gasteiger charge is 2.23. The molecule has 0 atom stereocenters. The van der Waals surface area contributed by atoms with Gasteiger partial charge in [0.15, 0.2) is 11.6 Å². The van der Waals surface area contributed by atoms with Crippen molar-refractivity contribution in [3.8, 4) is 17.2 Å². The summed E-state index contributed by atoms with van der Waals surface area (Å²) in [5.41, 5.74) is 0.0377. The maximum absolute atomic E-state index is 14.2. The number of hydrogen-bond donors (Lipinski definition) is 3. The van der Waals surface area contributed by atoms with Crippen LogP contribution < -0.4 is 14.8 Å². The number of carbonyl (C=O) groups excluding carboxylic acids is 1. The Bertz CT molecular complexity index is 1340. The van der Waals surface area contributed by atoms with Gasteiger partial charge in [0.1, 0.15) is 38.8 Å². The fraction of sp³-hybridized carbons (Fsp3) is 0.100. The zero-order chi connectivity index (χ0) is 25.0. The molecule has 14 heteroatoms. The normalized spacial score (nSPS) is 11.1. The number of phenols is 1. The zero-order valence-electron chi connectivity index (χ0n) is 17.1. The van der Waals surface area contributed by atoms with Crippen LogP contribution in [0, 0.1) is 11.8 Å². The number of anilines is 2. The molecule has 0 fully saturated rings. The number of aromatic hydroxyl groups is 1. The van der Waals surface area contributed by atoms with E-state index in [0.717, 1.165) is 31.4 Å². The number of sulfonamides is 1. The number of phenolic OH excluding ortho intramolecular Hbond substituents is 1. The molecule has 0 spiro atoms. The predicted molar refractivity (Wildman–Crippen MR) is 120 cm³/mol. The molecule has 0 aliphatic rings. The Kier molecular flexibility index (Phi) is 7.64. The van der Waals surface area contributed by atoms with E-state index in [1.54, 1.807) is 0 Å². The van der Waals surface area contributed by atoms with Gasteiger partial charge in [-0.3, -0.25) is 9.52 Å². The summed E-state index contributed by atoms with van der Waals surface area (Å²) in [7, 11) is -3.20. The number of carbonyl (C=O) groups is 1. The molecule has 3 rings (SSSR count). The lowest BCUT2D eigenvalue weighted by atomic mass is 10.3. The first-order valence-electron chi connectivity index (χ1n) is 9.16. The maximum Gasteiger partial charge on any atom is 0.325 e. The average Bonchev–Trinajstić information content (AvgIpc) is 2.80. The highest BCUT2D eigenvalue weighted by atomic mass is 35.5. The minimum Gasteiger partial charge on any atom is -0.507 e. The van der Waals surface area contributed by atoms with Crippen molar-refractivity contribution in [1.29, 1.82) is 0 Å². The van der Waals surface area contributed by atoms with Crippen LogP contribution in [0.3, 0.4) is 0 Å². The van der Waals surface area contributed by atoms with Gasteiger partial charge in [-0.25, -0.2) is 12.8 Å². The van der Waals surface area contributed by atoms with Gasteiger partial charge in [0, 0.05) is 11.8 Å². The van der Waals surface area contributed by atoms with E-state index in [9.17, 15) is 27.1 Å². The minimum absolute atomic E-state index is 0.0377. The lowest BCUT2D eigenvalue weighted by Crippen LogP contribution is -2.16. The van der Waals surface area contributed by atoms with E-state index in [4.69, 9.17) is 27.9 Å². The van der Waals surface area contributed by atoms with Gasteiger partial charge in [-0.2, -0.15) is 9.37 Å². The Balaban J connectivity index is 1.94. The highest BCUT2D eigenvalue weighted by Crippen LogP contribution is 2.42. The molecule has 3 N–H and O–H groups in total. The number of hydrogen-bond acceptors (Lipinski definition) is 8. The number of benzene rings is 2. The first-order valence-corrected chi connectivity index (χ1v) is 11.4. The first kappa shape index (κ1) is 25.3. The van der Waals surface area contributed by atoms with Crippen molar-refractivity contribution in [3.05, 3.63) is 64.3 Å². The Morgan fingerprint density at radius 3 is 2.44 bits per heavy atom. The summed E-state index contributed by atoms with van der Waals surface area (Å²) in [6.07, 6.45) is 0. The van der Waals surface area contributed by atoms with Crippen molar-refractivity contribution in [1.82, 2.24) is 4.98 Å². The molecule has 9 nitrogen and oxygen atoms in total. The van der Waals surface area contributed by atoms with Crippen LogP contribution in [0.25, 0.3) is 0 Å². The third-order valence-corrected chi connectivity index (χ3v) is 6.25. The minimum atomic E-state index is -4.35. The fourth-order valence-corrected chi connectivity index (χ4v) is 4.18. The summed E-state index contributed by atoms with van der Waals surface area (Å²) < 4.78 is 64.9. The van der Waals surface area contributed by atoms with Gasteiger partial charge in [0.05, 0.1) is 7.11 Å². The number of halogens is 4. The van der Waals surface area contributed by atoms with Gasteiger partial charge >= 0.3 is 5.97 Å². The lowest BCUT2D eigenvalue weighted by Gasteiger charge is -2.15. The van der Waals surface area contributed by atoms with Crippen LogP contribution in [-0.2, 0) is 19.6 Å². The molecule has 2 aromatic carbocycles. The van der Waals surface area contributed by atoms with Gasteiger partial charge in [-0.05, 0) is 36.4 Å². The molecular weight excluding hydrogens is 519 g/mol. The second kappa shape index (κ2) is 10.3. The van der Waals surface area contributed by atoms with Crippen molar-refractivity contribution in [2.45, 2.75) is 4.90 Å². The predicted octanol–water partition coefficient (Wildman–Crippen LogP) is 4.55. The zero-order valence-corrected chi connectivity index (χ0v) is 19.4. The van der Waals surface area contributed by atoms with Crippen molar-refractivity contribution in [3.63, 3.8) is 0 Å². The number of aromatic nitrogens is 1. The summed E-state index contributed by atoms with van der Waals surface area (Å²) >= 11 is 12.1. The summed E-state index contributed by atoms with van der Waals surface area (Å²) in [5, 5.41) is 11.6. The smallest absolute Gasteiger partial charge is 0.325 e. The molecule has 0 saturated heterocycles. The number of nitrogens with one attached hydrogen (secondary N) is 2. The molecular formula is C20H15Cl2F2N3O6S. The van der Waals surface area contributed by atoms with Gasteiger partial charge in [0.2, 0.25) is 5.95 Å². The number of methoxy groups -OCH3 is 1. The molecule has 0 unspecified atom stereocenters. The summed E-state index contributed by atoms with van der Waals surface area (Å²) in [4.78, 5) is 14.2. The molecule has 0 amide bonds. The van der Waals surface area contributed by atoms with E-state index >= 15 is 0 Å². The quantitative estimate of drug-likeness (QED) is 0.284. The van der Waals surface area contributed by atoms with Gasteiger partial charge in [-0.1, -0.05) is 23.2 Å². The Labute approximate surface area is 202 Å². The van der Waals surface area contributed by atoms with Crippen molar-refractivity contribution >= 4 is 50.7 Å². The molecule has 0 aliphatic heterocycles. The molecule has 1 aromatic heterocycles. The molecule has 0 radical (unpaired) electrons. The maximum atomic E-state index is 14.2. The van der Waals surface area contributed by atoms with Crippen LogP contribution in [0.5, 0.6) is 17.2 Å². The Morgan fingerprint density at radius 1 is 1.12 bits per heavy atom. The summed E-state index contributed by atoms with van der Waals surface area (Å²) in [5.74, 6) is -3.96. The SMILES string of the molecule is COC(=O)CNc1nc(F)c(Cl)c(Oc2ccc(O)c(S(=O)(=O)Nc3ccc(F)cc3)c2)c1Cl. The van der Waals surface area contributed by atoms with E-state index in [2.05, 4.69) is 19.8 Å². The number of rotatable bonds is 8. The van der Waals surface area contributed by atoms with Crippen LogP contribution >= 0.6 is 23.2 Å². The van der Waals surface area contributed by atoms with E-state index in [1.165, 1.54) is 18.2 Å². The lowest BCUT2D eigenvalue weighted by molar-refractivity contribution is -0.138. The number of ether oxygens (including phenoxy) is 2. The first-order chi connectivity index (χ1) is 16.0. The average molecular weight is 534 g/mol. The van der Waals surface area contributed by atoms with Crippen molar-refractivity contribution in [2.24, 2.45) is 0 Å². The Morgan fingerprint density at radius 2 is 1.79 bits per heavy atom. The van der Waals surface area contributed by atoms with Crippen molar-refractivity contribution < 1.29 is 36.6 Å². The molecule has 0 bridgehead atoms. The molecule has 34 heavy (non-hydrogen) atoms. The van der Waals surface area contributed by atoms with E-state index < -0.39 is 49.2 Å². The second-order valence-corrected chi connectivity index (χ2v) is 8.89. The largest absolute Gasteiger partial charge is 0.507 e. The molecule has 0 saturated carbocycles. The van der Waals surface area contributed by atoms with Crippen LogP contribution in [0.2, 0.25) is 10.0 Å². The van der Waals surface area contributed by atoms with E-state index in [1.807, 2.05) is 0 Å². The molecule has 3 aromatic rings. The number of esters is 1. The third-order valence-electron chi connectivity index (χ3n) is 4.16. The Hall–Kier alpha value is -3.35. The van der Waals surface area contributed by atoms with Gasteiger partial charge in [-0.15, -0.1) is 0 Å². The highest BCUT2D eigenvalue weighted by molar-refractivity contribution is 7.92. The molecule has 0 aliphatic carbocycles. The summed E-state index contributed by atoms with van der Waals surface area (Å²) in [6, 6.07) is 7.60. The monoisotopic (exact) mass is 533 g/mol. The van der Waals surface area contributed by atoms with Gasteiger partial charge in [0.25, 0.3) is 10.0 Å². The molecule has 1 heterocycles. The van der Waals surface area contributed by atoms with Crippen LogP contribution in [0.4, 0.5) is 20.3 Å².